The lowest BCUT2D eigenvalue weighted by Crippen LogP contribution is -2.42. The summed E-state index contributed by atoms with van der Waals surface area (Å²) < 4.78 is 28.8. The average Bonchev–Trinajstić information content (AvgIpc) is 3.32. The summed E-state index contributed by atoms with van der Waals surface area (Å²) in [6.07, 6.45) is 1.84. The van der Waals surface area contributed by atoms with E-state index in [-0.39, 0.29) is 53.9 Å². The minimum absolute atomic E-state index is 0. The molecule has 0 aromatic heterocycles. The molecule has 2 N–H and O–H groups in total. The Labute approximate surface area is 202 Å². The molecule has 2 aliphatic heterocycles. The van der Waals surface area contributed by atoms with Crippen molar-refractivity contribution < 1.29 is 17.9 Å². The predicted molar refractivity (Wildman–Crippen MR) is 132 cm³/mol. The summed E-state index contributed by atoms with van der Waals surface area (Å²) in [7, 11) is -1.24. The highest BCUT2D eigenvalue weighted by Gasteiger charge is 2.29. The topological polar surface area (TPSA) is 100 Å². The number of guanidine groups is 1. The third kappa shape index (κ3) is 8.57. The van der Waals surface area contributed by atoms with Crippen molar-refractivity contribution in [2.24, 2.45) is 10.9 Å². The molecule has 2 aliphatic rings. The minimum atomic E-state index is -2.98. The molecule has 2 unspecified atom stereocenters. The maximum absolute atomic E-state index is 12.1. The fourth-order valence-electron chi connectivity index (χ4n) is 3.91. The van der Waals surface area contributed by atoms with Crippen molar-refractivity contribution in [2.45, 2.75) is 31.9 Å². The summed E-state index contributed by atoms with van der Waals surface area (Å²) >= 11 is 0. The number of benzene rings is 1. The number of amides is 1. The van der Waals surface area contributed by atoms with Crippen LogP contribution in [0, 0.1) is 5.92 Å². The number of hydrogen-bond acceptors (Lipinski definition) is 5. The van der Waals surface area contributed by atoms with Gasteiger partial charge in [0.15, 0.2) is 15.8 Å². The van der Waals surface area contributed by atoms with Crippen molar-refractivity contribution in [3.63, 3.8) is 0 Å². The van der Waals surface area contributed by atoms with E-state index in [1.54, 1.807) is 7.05 Å². The van der Waals surface area contributed by atoms with Gasteiger partial charge in [0.2, 0.25) is 5.91 Å². The summed E-state index contributed by atoms with van der Waals surface area (Å²) in [5.74, 6) is 1.33. The lowest BCUT2D eigenvalue weighted by molar-refractivity contribution is -0.121. The third-order valence-corrected chi connectivity index (χ3v) is 7.26. The van der Waals surface area contributed by atoms with Crippen LogP contribution in [0.3, 0.4) is 0 Å². The number of hydrogen-bond donors (Lipinski definition) is 2. The van der Waals surface area contributed by atoms with E-state index >= 15 is 0 Å². The first kappa shape index (κ1) is 25.9. The second-order valence-electron chi connectivity index (χ2n) is 7.99. The second-order valence-corrected chi connectivity index (χ2v) is 10.2. The van der Waals surface area contributed by atoms with Crippen LogP contribution in [0.2, 0.25) is 0 Å². The summed E-state index contributed by atoms with van der Waals surface area (Å²) in [6.45, 7) is 3.59. The first-order valence-electron chi connectivity index (χ1n) is 10.5. The Bertz CT molecular complexity index is 835. The quantitative estimate of drug-likeness (QED) is 0.282. The molecule has 3 rings (SSSR count). The van der Waals surface area contributed by atoms with Gasteiger partial charge in [-0.25, -0.2) is 8.42 Å². The average molecular weight is 564 g/mol. The first-order chi connectivity index (χ1) is 14.4. The van der Waals surface area contributed by atoms with Gasteiger partial charge in [-0.15, -0.1) is 24.0 Å². The molecule has 2 fully saturated rings. The zero-order valence-corrected chi connectivity index (χ0v) is 21.1. The van der Waals surface area contributed by atoms with Crippen molar-refractivity contribution in [2.75, 3.05) is 44.8 Å². The van der Waals surface area contributed by atoms with Crippen molar-refractivity contribution >= 4 is 45.7 Å². The molecule has 10 heteroatoms. The Hall–Kier alpha value is -1.40. The van der Waals surface area contributed by atoms with Gasteiger partial charge < -0.3 is 20.3 Å². The molecule has 0 bridgehead atoms. The van der Waals surface area contributed by atoms with E-state index in [0.717, 1.165) is 32.1 Å². The molecular formula is C21H33IN4O4S. The van der Waals surface area contributed by atoms with Crippen molar-refractivity contribution in [3.8, 4) is 0 Å². The SMILES string of the molecule is CN=C(NCCC(=O)NC1CCS(=O)(=O)C1)N1CCC(COCc2ccccc2)C1.I. The number of nitrogens with one attached hydrogen (secondary N) is 2. The van der Waals surface area contributed by atoms with Crippen LogP contribution in [0.25, 0.3) is 0 Å². The molecule has 2 saturated heterocycles. The molecule has 1 aromatic rings. The van der Waals surface area contributed by atoms with E-state index < -0.39 is 9.84 Å². The zero-order chi connectivity index (χ0) is 21.4. The van der Waals surface area contributed by atoms with E-state index in [2.05, 4.69) is 32.7 Å². The van der Waals surface area contributed by atoms with Crippen LogP contribution in [0.15, 0.2) is 35.3 Å². The maximum Gasteiger partial charge on any atom is 0.222 e. The molecule has 2 heterocycles. The minimum Gasteiger partial charge on any atom is -0.376 e. The highest BCUT2D eigenvalue weighted by atomic mass is 127. The monoisotopic (exact) mass is 564 g/mol. The second kappa shape index (κ2) is 12.6. The number of aliphatic imine (C=N–C) groups is 1. The van der Waals surface area contributed by atoms with Gasteiger partial charge in [0, 0.05) is 45.1 Å². The van der Waals surface area contributed by atoms with Crippen LogP contribution >= 0.6 is 24.0 Å². The number of likely N-dealkylation sites (tertiary alicyclic amines) is 1. The predicted octanol–water partition coefficient (Wildman–Crippen LogP) is 1.41. The van der Waals surface area contributed by atoms with E-state index in [1.165, 1.54) is 5.56 Å². The van der Waals surface area contributed by atoms with Crippen LogP contribution in [0.4, 0.5) is 0 Å². The Morgan fingerprint density at radius 3 is 2.71 bits per heavy atom. The Morgan fingerprint density at radius 2 is 2.03 bits per heavy atom. The van der Waals surface area contributed by atoms with Crippen LogP contribution in [-0.2, 0) is 26.0 Å². The molecular weight excluding hydrogens is 531 g/mol. The van der Waals surface area contributed by atoms with Gasteiger partial charge in [-0.05, 0) is 18.4 Å². The van der Waals surface area contributed by atoms with Crippen molar-refractivity contribution in [1.82, 2.24) is 15.5 Å². The fourth-order valence-corrected chi connectivity index (χ4v) is 5.58. The molecule has 0 spiro atoms. The largest absolute Gasteiger partial charge is 0.376 e. The van der Waals surface area contributed by atoms with Crippen LogP contribution in [0.1, 0.15) is 24.8 Å². The Kier molecular flexibility index (Phi) is 10.5. The van der Waals surface area contributed by atoms with Gasteiger partial charge in [-0.2, -0.15) is 0 Å². The molecule has 0 radical (unpaired) electrons. The van der Waals surface area contributed by atoms with Crippen LogP contribution in [-0.4, -0.2) is 76.0 Å². The highest BCUT2D eigenvalue weighted by molar-refractivity contribution is 14.0. The molecule has 1 aromatic carbocycles. The summed E-state index contributed by atoms with van der Waals surface area (Å²) in [5, 5.41) is 6.05. The summed E-state index contributed by atoms with van der Waals surface area (Å²) in [6, 6.07) is 9.91. The lowest BCUT2D eigenvalue weighted by atomic mass is 10.1. The Balaban J connectivity index is 0.00000341. The van der Waals surface area contributed by atoms with E-state index in [1.807, 2.05) is 18.2 Å². The smallest absolute Gasteiger partial charge is 0.222 e. The molecule has 2 atom stereocenters. The fraction of sp³-hybridized carbons (Fsp3) is 0.619. The van der Waals surface area contributed by atoms with Gasteiger partial charge in [0.05, 0.1) is 24.7 Å². The lowest BCUT2D eigenvalue weighted by Gasteiger charge is -2.22. The van der Waals surface area contributed by atoms with Gasteiger partial charge >= 0.3 is 0 Å². The van der Waals surface area contributed by atoms with Crippen molar-refractivity contribution in [3.05, 3.63) is 35.9 Å². The van der Waals surface area contributed by atoms with Gasteiger partial charge in [-0.3, -0.25) is 9.79 Å². The standard InChI is InChI=1S/C21H32N4O4S.HI/c1-22-21(23-10-7-20(26)24-19-9-12-30(27,28)16-19)25-11-8-18(13-25)15-29-14-17-5-3-2-4-6-17;/h2-6,18-19H,7-16H2,1H3,(H,22,23)(H,24,26);1H. The molecule has 31 heavy (non-hydrogen) atoms. The first-order valence-corrected chi connectivity index (χ1v) is 12.3. The van der Waals surface area contributed by atoms with Crippen LogP contribution in [0.5, 0.6) is 0 Å². The van der Waals surface area contributed by atoms with Gasteiger partial charge in [0.1, 0.15) is 0 Å². The van der Waals surface area contributed by atoms with E-state index in [0.29, 0.717) is 25.5 Å². The third-order valence-electron chi connectivity index (χ3n) is 5.50. The van der Waals surface area contributed by atoms with E-state index in [9.17, 15) is 13.2 Å². The van der Waals surface area contributed by atoms with Crippen molar-refractivity contribution in [1.29, 1.82) is 0 Å². The normalized spacial score (nSPS) is 22.7. The number of nitrogens with zero attached hydrogens (tertiary/aromatic N) is 2. The van der Waals surface area contributed by atoms with Crippen LogP contribution < -0.4 is 10.6 Å². The van der Waals surface area contributed by atoms with Gasteiger partial charge in [0.25, 0.3) is 0 Å². The molecule has 0 aliphatic carbocycles. The molecule has 8 nitrogen and oxygen atoms in total. The molecule has 1 amide bonds. The Morgan fingerprint density at radius 1 is 1.26 bits per heavy atom. The highest BCUT2D eigenvalue weighted by Crippen LogP contribution is 2.17. The van der Waals surface area contributed by atoms with E-state index in [4.69, 9.17) is 4.74 Å². The van der Waals surface area contributed by atoms with Gasteiger partial charge in [-0.1, -0.05) is 30.3 Å². The molecule has 174 valence electrons. The number of rotatable bonds is 8. The number of ether oxygens (including phenoxy) is 1. The maximum atomic E-state index is 12.1. The number of sulfone groups is 1. The molecule has 0 saturated carbocycles. The number of carbonyl (C=O) groups is 1. The summed E-state index contributed by atoms with van der Waals surface area (Å²) in [4.78, 5) is 18.6. The zero-order valence-electron chi connectivity index (χ0n) is 18.0. The summed E-state index contributed by atoms with van der Waals surface area (Å²) in [5.41, 5.74) is 1.18. The number of halogens is 1. The number of carbonyl (C=O) groups excluding carboxylic acids is 1.